The van der Waals surface area contributed by atoms with E-state index in [2.05, 4.69) is 11.1 Å². The van der Waals surface area contributed by atoms with Gasteiger partial charge < -0.3 is 13.6 Å². The van der Waals surface area contributed by atoms with E-state index in [1.54, 1.807) is 18.2 Å². The van der Waals surface area contributed by atoms with E-state index in [0.29, 0.717) is 5.01 Å². The van der Waals surface area contributed by atoms with Crippen LogP contribution in [-0.4, -0.2) is 11.0 Å². The lowest BCUT2D eigenvalue weighted by Crippen LogP contribution is -2.05. The third kappa shape index (κ3) is 2.90. The van der Waals surface area contributed by atoms with Gasteiger partial charge in [-0.25, -0.2) is 9.78 Å². The molecular weight excluding hydrogens is 352 g/mol. The average molecular weight is 362 g/mol. The summed E-state index contributed by atoms with van der Waals surface area (Å²) in [4.78, 5) is 16.8. The number of para-hydroxylation sites is 1. The van der Waals surface area contributed by atoms with Crippen LogP contribution in [0.15, 0.2) is 69.9 Å². The van der Waals surface area contributed by atoms with Crippen LogP contribution in [0.3, 0.4) is 0 Å². The fourth-order valence-electron chi connectivity index (χ4n) is 2.34. The fourth-order valence-corrected chi connectivity index (χ4v) is 3.30. The number of furan rings is 2. The van der Waals surface area contributed by atoms with E-state index in [1.165, 1.54) is 29.9 Å². The van der Waals surface area contributed by atoms with Gasteiger partial charge in [-0.15, -0.1) is 11.3 Å². The number of thiazole rings is 1. The first-order valence-electron chi connectivity index (χ1n) is 7.56. The number of ether oxygens (including phenoxy) is 1. The zero-order chi connectivity index (χ0) is 17.9. The van der Waals surface area contributed by atoms with E-state index in [4.69, 9.17) is 13.6 Å². The molecule has 26 heavy (non-hydrogen) atoms. The molecule has 4 rings (SSSR count). The van der Waals surface area contributed by atoms with E-state index in [1.807, 2.05) is 24.3 Å². The highest BCUT2D eigenvalue weighted by atomic mass is 32.1. The molecule has 0 atom stereocenters. The van der Waals surface area contributed by atoms with Gasteiger partial charge in [0.25, 0.3) is 0 Å². The van der Waals surface area contributed by atoms with Gasteiger partial charge in [-0.2, -0.15) is 5.26 Å². The van der Waals surface area contributed by atoms with E-state index < -0.39 is 5.97 Å². The summed E-state index contributed by atoms with van der Waals surface area (Å²) in [6.07, 6.45) is 2.80. The number of benzene rings is 1. The Hall–Kier alpha value is -3.63. The maximum absolute atomic E-state index is 12.3. The Balaban J connectivity index is 1.84. The van der Waals surface area contributed by atoms with E-state index in [0.717, 1.165) is 10.2 Å². The van der Waals surface area contributed by atoms with E-state index in [9.17, 15) is 10.1 Å². The molecule has 126 valence electrons. The number of aromatic nitrogens is 1. The summed E-state index contributed by atoms with van der Waals surface area (Å²) in [6.45, 7) is 0. The van der Waals surface area contributed by atoms with Crippen LogP contribution in [0.1, 0.15) is 21.3 Å². The van der Waals surface area contributed by atoms with Gasteiger partial charge in [0.15, 0.2) is 11.5 Å². The molecule has 3 aromatic heterocycles. The smallest absolute Gasteiger partial charge is 0.379 e. The summed E-state index contributed by atoms with van der Waals surface area (Å²) < 4.78 is 16.8. The predicted octanol–water partition coefficient (Wildman–Crippen LogP) is 4.73. The van der Waals surface area contributed by atoms with Crippen molar-refractivity contribution in [2.24, 2.45) is 0 Å². The molecule has 0 aliphatic heterocycles. The number of carbonyl (C=O) groups excluding carboxylic acids is 1. The summed E-state index contributed by atoms with van der Waals surface area (Å²) in [6, 6.07) is 15.9. The molecule has 7 heteroatoms. The van der Waals surface area contributed by atoms with Gasteiger partial charge in [-0.05, 0) is 36.4 Å². The summed E-state index contributed by atoms with van der Waals surface area (Å²) in [5, 5.41) is 10.2. The van der Waals surface area contributed by atoms with Gasteiger partial charge in [-0.1, -0.05) is 12.1 Å². The second kappa shape index (κ2) is 6.70. The van der Waals surface area contributed by atoms with Crippen LogP contribution in [0, 0.1) is 11.3 Å². The summed E-state index contributed by atoms with van der Waals surface area (Å²) >= 11 is 1.33. The van der Waals surface area contributed by atoms with Crippen molar-refractivity contribution in [2.75, 3.05) is 0 Å². The minimum Gasteiger partial charge on any atom is -0.461 e. The number of esters is 1. The van der Waals surface area contributed by atoms with Gasteiger partial charge in [-0.3, -0.25) is 0 Å². The molecule has 0 aliphatic carbocycles. The van der Waals surface area contributed by atoms with Gasteiger partial charge in [0.05, 0.1) is 22.7 Å². The second-order valence-corrected chi connectivity index (χ2v) is 6.18. The van der Waals surface area contributed by atoms with Crippen molar-refractivity contribution in [3.8, 4) is 6.07 Å². The van der Waals surface area contributed by atoms with Crippen molar-refractivity contribution in [1.82, 2.24) is 4.98 Å². The zero-order valence-corrected chi connectivity index (χ0v) is 14.0. The molecule has 4 aromatic rings. The van der Waals surface area contributed by atoms with Gasteiger partial charge in [0.2, 0.25) is 5.76 Å². The molecule has 0 fully saturated rings. The highest BCUT2D eigenvalue weighted by Crippen LogP contribution is 2.33. The van der Waals surface area contributed by atoms with Crippen LogP contribution >= 0.6 is 11.3 Å². The first-order chi connectivity index (χ1) is 12.8. The van der Waals surface area contributed by atoms with Crippen molar-refractivity contribution in [1.29, 1.82) is 5.26 Å². The number of allylic oxidation sites excluding steroid dienone is 1. The van der Waals surface area contributed by atoms with Gasteiger partial charge in [0.1, 0.15) is 16.6 Å². The number of carbonyl (C=O) groups is 1. The fraction of sp³-hybridized carbons (Fsp3) is 0. The second-order valence-electron chi connectivity index (χ2n) is 5.15. The third-order valence-corrected chi connectivity index (χ3v) is 4.56. The van der Waals surface area contributed by atoms with Crippen LogP contribution in [0.5, 0.6) is 0 Å². The average Bonchev–Trinajstić information content (AvgIpc) is 3.42. The van der Waals surface area contributed by atoms with Crippen molar-refractivity contribution in [3.63, 3.8) is 0 Å². The SMILES string of the molecule is N#CC(=C(OC(=O)c1ccco1)c1ccco1)c1nc2ccccc2s1. The lowest BCUT2D eigenvalue weighted by atomic mass is 10.2. The normalized spacial score (nSPS) is 11.8. The third-order valence-electron chi connectivity index (χ3n) is 3.51. The Kier molecular flexibility index (Phi) is 4.09. The molecule has 0 amide bonds. The van der Waals surface area contributed by atoms with Crippen LogP contribution in [0.25, 0.3) is 21.5 Å². The van der Waals surface area contributed by atoms with Gasteiger partial charge >= 0.3 is 5.97 Å². The summed E-state index contributed by atoms with van der Waals surface area (Å²) in [7, 11) is 0. The minimum atomic E-state index is -0.727. The first kappa shape index (κ1) is 15.9. The molecule has 0 bridgehead atoms. The number of nitrogens with zero attached hydrogens (tertiary/aromatic N) is 2. The molecular formula is C19H10N2O4S. The number of rotatable bonds is 4. The standard InChI is InChI=1S/C19H10N2O4S/c20-11-12(18-21-13-5-1-2-8-16(13)26-18)17(14-6-3-9-23-14)25-19(22)15-7-4-10-24-15/h1-10H. The number of hydrogen-bond acceptors (Lipinski definition) is 7. The van der Waals surface area contributed by atoms with E-state index in [-0.39, 0.29) is 22.9 Å². The van der Waals surface area contributed by atoms with Gasteiger partial charge in [0, 0.05) is 0 Å². The number of hydrogen-bond donors (Lipinski definition) is 0. The molecule has 1 aromatic carbocycles. The number of fused-ring (bicyclic) bond motifs is 1. The Morgan fingerprint density at radius 3 is 2.42 bits per heavy atom. The Morgan fingerprint density at radius 1 is 1.04 bits per heavy atom. The molecule has 0 saturated heterocycles. The highest BCUT2D eigenvalue weighted by Gasteiger charge is 2.23. The lowest BCUT2D eigenvalue weighted by molar-refractivity contribution is 0.0654. The van der Waals surface area contributed by atoms with Crippen molar-refractivity contribution < 1.29 is 18.4 Å². The molecule has 3 heterocycles. The Morgan fingerprint density at radius 2 is 1.77 bits per heavy atom. The zero-order valence-electron chi connectivity index (χ0n) is 13.2. The monoisotopic (exact) mass is 362 g/mol. The van der Waals surface area contributed by atoms with Crippen molar-refractivity contribution in [2.45, 2.75) is 0 Å². The molecule has 0 spiro atoms. The lowest BCUT2D eigenvalue weighted by Gasteiger charge is -2.07. The minimum absolute atomic E-state index is 0.00189. The van der Waals surface area contributed by atoms with Crippen molar-refractivity contribution in [3.05, 3.63) is 77.6 Å². The molecule has 0 N–H and O–H groups in total. The molecule has 0 radical (unpaired) electrons. The predicted molar refractivity (Wildman–Crippen MR) is 94.9 cm³/mol. The summed E-state index contributed by atoms with van der Waals surface area (Å²) in [5.74, 6) is -0.454. The molecule has 6 nitrogen and oxygen atoms in total. The molecule has 0 aliphatic rings. The first-order valence-corrected chi connectivity index (χ1v) is 8.38. The Bertz CT molecular complexity index is 1100. The maximum Gasteiger partial charge on any atom is 0.379 e. The molecule has 0 unspecified atom stereocenters. The number of nitriles is 1. The molecule has 0 saturated carbocycles. The quantitative estimate of drug-likeness (QED) is 0.296. The highest BCUT2D eigenvalue weighted by molar-refractivity contribution is 7.19. The van der Waals surface area contributed by atoms with Crippen LogP contribution < -0.4 is 0 Å². The van der Waals surface area contributed by atoms with E-state index >= 15 is 0 Å². The largest absolute Gasteiger partial charge is 0.461 e. The van der Waals surface area contributed by atoms with Crippen LogP contribution in [-0.2, 0) is 4.74 Å². The van der Waals surface area contributed by atoms with Crippen LogP contribution in [0.4, 0.5) is 0 Å². The maximum atomic E-state index is 12.3. The van der Waals surface area contributed by atoms with Crippen LogP contribution in [0.2, 0.25) is 0 Å². The Labute approximate surface area is 151 Å². The summed E-state index contributed by atoms with van der Waals surface area (Å²) in [5.41, 5.74) is 0.873. The topological polar surface area (TPSA) is 89.3 Å². The van der Waals surface area contributed by atoms with Crippen molar-refractivity contribution >= 4 is 38.9 Å².